The van der Waals surface area contributed by atoms with Gasteiger partial charge < -0.3 is 14.4 Å². The van der Waals surface area contributed by atoms with Gasteiger partial charge in [0.05, 0.1) is 5.69 Å². The highest BCUT2D eigenvalue weighted by Gasteiger charge is 2.17. The molecule has 5 nitrogen and oxygen atoms in total. The van der Waals surface area contributed by atoms with E-state index in [1.807, 2.05) is 4.57 Å². The Balaban J connectivity index is 1.65. The van der Waals surface area contributed by atoms with E-state index in [0.29, 0.717) is 6.01 Å². The number of phenolic OH excluding ortho intramolecular Hbond substituents is 1. The first-order chi connectivity index (χ1) is 23.2. The molecule has 1 heterocycles. The summed E-state index contributed by atoms with van der Waals surface area (Å²) in [6, 6.07) is 6.90. The molecule has 0 aliphatic rings. The minimum atomic E-state index is -0.557. The molecule has 5 heteroatoms. The Morgan fingerprint density at radius 2 is 1.00 bits per heavy atom. The molecule has 0 aliphatic carbocycles. The summed E-state index contributed by atoms with van der Waals surface area (Å²) in [5.74, 6) is -0.621. The van der Waals surface area contributed by atoms with Crippen LogP contribution in [0, 0.1) is 0 Å². The van der Waals surface area contributed by atoms with Gasteiger partial charge in [-0.2, -0.15) is 4.98 Å². The van der Waals surface area contributed by atoms with E-state index in [1.165, 1.54) is 173 Å². The van der Waals surface area contributed by atoms with Gasteiger partial charge in [0, 0.05) is 12.7 Å². The first-order valence-electron chi connectivity index (χ1n) is 20.2. The normalized spacial score (nSPS) is 11.4. The summed E-state index contributed by atoms with van der Waals surface area (Å²) in [6.45, 7) is 5.36. The maximum absolute atomic E-state index is 12.9. The van der Waals surface area contributed by atoms with Gasteiger partial charge >= 0.3 is 12.0 Å². The zero-order valence-corrected chi connectivity index (χ0v) is 30.8. The van der Waals surface area contributed by atoms with E-state index in [2.05, 4.69) is 20.0 Å². The van der Waals surface area contributed by atoms with Crippen molar-refractivity contribution in [2.45, 2.75) is 207 Å². The Kier molecular flexibility index (Phi) is 24.9. The first-order valence-corrected chi connectivity index (χ1v) is 20.2. The number of hydrogen-bond acceptors (Lipinski definition) is 4. The standard InChI is InChI=1S/C42H72N2O3/c1-3-5-7-9-11-13-15-17-19-21-23-25-27-29-33-38-37-44(42(43-38)47-41(46)39-34-30-31-35-40(39)45)36-32-28-26-24-22-20-18-16-14-12-10-8-6-4-2/h30-31,34-35,37,45H,3-29,32-33,36H2,1-2H3. The van der Waals surface area contributed by atoms with Crippen molar-refractivity contribution >= 4 is 5.97 Å². The van der Waals surface area contributed by atoms with Crippen molar-refractivity contribution in [2.75, 3.05) is 0 Å². The van der Waals surface area contributed by atoms with Crippen molar-refractivity contribution in [3.05, 3.63) is 41.7 Å². The van der Waals surface area contributed by atoms with Crippen LogP contribution in [0.2, 0.25) is 0 Å². The van der Waals surface area contributed by atoms with Crippen LogP contribution in [-0.4, -0.2) is 20.6 Å². The summed E-state index contributed by atoms with van der Waals surface area (Å²) in [6.07, 6.45) is 40.5. The highest BCUT2D eigenvalue weighted by atomic mass is 16.6. The number of esters is 1. The molecule has 1 aromatic carbocycles. The van der Waals surface area contributed by atoms with Crippen LogP contribution >= 0.6 is 0 Å². The zero-order chi connectivity index (χ0) is 33.6. The predicted octanol–water partition coefficient (Wildman–Crippen LogP) is 13.3. The maximum Gasteiger partial charge on any atom is 0.349 e. The molecule has 2 rings (SSSR count). The van der Waals surface area contributed by atoms with Gasteiger partial charge in [0.1, 0.15) is 11.3 Å². The van der Waals surface area contributed by atoms with Crippen molar-refractivity contribution in [1.82, 2.24) is 9.55 Å². The van der Waals surface area contributed by atoms with Gasteiger partial charge in [-0.15, -0.1) is 0 Å². The zero-order valence-electron chi connectivity index (χ0n) is 30.8. The Bertz CT molecular complexity index is 1020. The fraction of sp³-hybridized carbons (Fsp3) is 0.762. The predicted molar refractivity (Wildman–Crippen MR) is 200 cm³/mol. The summed E-state index contributed by atoms with van der Waals surface area (Å²) in [5.41, 5.74) is 1.17. The van der Waals surface area contributed by atoms with E-state index in [9.17, 15) is 9.90 Å². The Hall–Kier alpha value is -2.30. The molecule has 268 valence electrons. The van der Waals surface area contributed by atoms with Gasteiger partial charge in [-0.3, -0.25) is 0 Å². The third-order valence-electron chi connectivity index (χ3n) is 9.64. The molecule has 0 atom stereocenters. The molecule has 2 aromatic rings. The van der Waals surface area contributed by atoms with Gasteiger partial charge in [-0.05, 0) is 31.4 Å². The molecular weight excluding hydrogens is 580 g/mol. The number of para-hydroxylation sites is 1. The second-order valence-corrected chi connectivity index (χ2v) is 14.1. The molecule has 0 bridgehead atoms. The molecule has 0 saturated heterocycles. The highest BCUT2D eigenvalue weighted by molar-refractivity contribution is 5.93. The molecule has 0 radical (unpaired) electrons. The van der Waals surface area contributed by atoms with Crippen LogP contribution in [0.1, 0.15) is 210 Å². The number of carbonyl (C=O) groups is 1. The number of aromatic hydroxyl groups is 1. The van der Waals surface area contributed by atoms with Crippen LogP contribution in [-0.2, 0) is 13.0 Å². The number of ether oxygens (including phenoxy) is 1. The lowest BCUT2D eigenvalue weighted by molar-refractivity contribution is 0.0709. The topological polar surface area (TPSA) is 64.3 Å². The third-order valence-corrected chi connectivity index (χ3v) is 9.64. The van der Waals surface area contributed by atoms with Gasteiger partial charge in [0.2, 0.25) is 0 Å². The molecule has 0 spiro atoms. The molecule has 0 saturated carbocycles. The average Bonchev–Trinajstić information content (AvgIpc) is 3.45. The second-order valence-electron chi connectivity index (χ2n) is 14.1. The fourth-order valence-electron chi connectivity index (χ4n) is 6.57. The number of carbonyl (C=O) groups excluding carboxylic acids is 1. The van der Waals surface area contributed by atoms with E-state index in [0.717, 1.165) is 31.5 Å². The first kappa shape index (κ1) is 40.9. The lowest BCUT2D eigenvalue weighted by atomic mass is 10.0. The van der Waals surface area contributed by atoms with Crippen LogP contribution in [0.15, 0.2) is 30.5 Å². The quantitative estimate of drug-likeness (QED) is 0.0631. The Morgan fingerprint density at radius 1 is 0.596 bits per heavy atom. The maximum atomic E-state index is 12.9. The SMILES string of the molecule is CCCCCCCCCCCCCCCCc1cn(CCCCCCCCCCCCCCCC)c(OC(=O)c2ccccc2O)n1. The van der Waals surface area contributed by atoms with Crippen LogP contribution in [0.3, 0.4) is 0 Å². The summed E-state index contributed by atoms with van der Waals surface area (Å²) in [5, 5.41) is 10.1. The third kappa shape index (κ3) is 20.6. The molecule has 1 aromatic heterocycles. The smallest absolute Gasteiger partial charge is 0.349 e. The van der Waals surface area contributed by atoms with Gasteiger partial charge in [-0.1, -0.05) is 193 Å². The highest BCUT2D eigenvalue weighted by Crippen LogP contribution is 2.22. The average molecular weight is 653 g/mol. The number of unbranched alkanes of at least 4 members (excludes halogenated alkanes) is 26. The lowest BCUT2D eigenvalue weighted by Gasteiger charge is -2.08. The molecule has 0 unspecified atom stereocenters. The lowest BCUT2D eigenvalue weighted by Crippen LogP contribution is -2.12. The van der Waals surface area contributed by atoms with E-state index in [4.69, 9.17) is 9.72 Å². The van der Waals surface area contributed by atoms with E-state index < -0.39 is 5.97 Å². The fourth-order valence-corrected chi connectivity index (χ4v) is 6.57. The number of benzene rings is 1. The molecule has 0 fully saturated rings. The van der Waals surface area contributed by atoms with Crippen molar-refractivity contribution in [1.29, 1.82) is 0 Å². The number of phenols is 1. The van der Waals surface area contributed by atoms with Crippen molar-refractivity contribution in [3.63, 3.8) is 0 Å². The number of hydrogen-bond donors (Lipinski definition) is 1. The molecule has 1 N–H and O–H groups in total. The molecule has 0 amide bonds. The van der Waals surface area contributed by atoms with Crippen molar-refractivity contribution in [3.8, 4) is 11.8 Å². The number of nitrogens with zero attached hydrogens (tertiary/aromatic N) is 2. The minimum Gasteiger partial charge on any atom is -0.507 e. The van der Waals surface area contributed by atoms with Crippen molar-refractivity contribution in [2.24, 2.45) is 0 Å². The van der Waals surface area contributed by atoms with Crippen LogP contribution < -0.4 is 4.74 Å². The van der Waals surface area contributed by atoms with Crippen LogP contribution in [0.25, 0.3) is 0 Å². The Labute approximate surface area is 289 Å². The number of rotatable bonds is 32. The molecule has 47 heavy (non-hydrogen) atoms. The summed E-state index contributed by atoms with van der Waals surface area (Å²) >= 11 is 0. The Morgan fingerprint density at radius 3 is 1.45 bits per heavy atom. The van der Waals surface area contributed by atoms with E-state index in [1.54, 1.807) is 18.2 Å². The van der Waals surface area contributed by atoms with Gasteiger partial charge in [0.15, 0.2) is 0 Å². The van der Waals surface area contributed by atoms with Crippen LogP contribution in [0.4, 0.5) is 0 Å². The number of imidazole rings is 1. The van der Waals surface area contributed by atoms with Crippen LogP contribution in [0.5, 0.6) is 11.8 Å². The van der Waals surface area contributed by atoms with E-state index in [-0.39, 0.29) is 11.3 Å². The minimum absolute atomic E-state index is 0.0646. The molecular formula is C42H72N2O3. The number of aryl methyl sites for hydroxylation is 2. The summed E-state index contributed by atoms with van der Waals surface area (Å²) in [7, 11) is 0. The van der Waals surface area contributed by atoms with E-state index >= 15 is 0 Å². The van der Waals surface area contributed by atoms with Crippen molar-refractivity contribution < 1.29 is 14.6 Å². The second kappa shape index (κ2) is 28.7. The molecule has 0 aliphatic heterocycles. The monoisotopic (exact) mass is 653 g/mol. The van der Waals surface area contributed by atoms with Gasteiger partial charge in [0.25, 0.3) is 0 Å². The largest absolute Gasteiger partial charge is 0.507 e. The van der Waals surface area contributed by atoms with Gasteiger partial charge in [-0.25, -0.2) is 4.79 Å². The summed E-state index contributed by atoms with van der Waals surface area (Å²) < 4.78 is 7.75. The summed E-state index contributed by atoms with van der Waals surface area (Å²) in [4.78, 5) is 17.6. The number of aromatic nitrogens is 2.